The summed E-state index contributed by atoms with van der Waals surface area (Å²) >= 11 is 8.36. The van der Waals surface area contributed by atoms with E-state index in [9.17, 15) is 4.79 Å². The van der Waals surface area contributed by atoms with Gasteiger partial charge in [0.15, 0.2) is 5.70 Å². The Hall–Kier alpha value is -2.12. The molecule has 0 radical (unpaired) electrons. The van der Waals surface area contributed by atoms with E-state index in [-0.39, 0.29) is 11.6 Å². The minimum absolute atomic E-state index is 0.208. The third kappa shape index (κ3) is 4.53. The van der Waals surface area contributed by atoms with Crippen molar-refractivity contribution < 1.29 is 14.3 Å². The van der Waals surface area contributed by atoms with Crippen molar-refractivity contribution in [3.63, 3.8) is 0 Å². The van der Waals surface area contributed by atoms with Crippen molar-refractivity contribution in [1.82, 2.24) is 0 Å². The molecular weight excluding hydrogens is 465 g/mol. The molecule has 0 fully saturated rings. The van der Waals surface area contributed by atoms with E-state index in [1.165, 1.54) is 0 Å². The highest BCUT2D eigenvalue weighted by Crippen LogP contribution is 2.26. The van der Waals surface area contributed by atoms with Crippen LogP contribution in [0.25, 0.3) is 6.08 Å². The lowest BCUT2D eigenvalue weighted by atomic mass is 10.2. The summed E-state index contributed by atoms with van der Waals surface area (Å²) in [5.41, 5.74) is 2.52. The van der Waals surface area contributed by atoms with Crippen molar-refractivity contribution in [3.05, 3.63) is 80.0 Å². The smallest absolute Gasteiger partial charge is 0.363 e. The van der Waals surface area contributed by atoms with Crippen LogP contribution in [0.2, 0.25) is 5.02 Å². The van der Waals surface area contributed by atoms with Crippen LogP contribution < -0.4 is 4.74 Å². The molecule has 2 aromatic rings. The molecule has 0 amide bonds. The van der Waals surface area contributed by atoms with Gasteiger partial charge in [-0.05, 0) is 77.1 Å². The highest BCUT2D eigenvalue weighted by molar-refractivity contribution is 14.1. The van der Waals surface area contributed by atoms with Gasteiger partial charge >= 0.3 is 5.97 Å². The zero-order valence-electron chi connectivity index (χ0n) is 14.0. The van der Waals surface area contributed by atoms with Crippen molar-refractivity contribution in [2.75, 3.05) is 6.61 Å². The molecule has 0 saturated carbocycles. The maximum Gasteiger partial charge on any atom is 0.363 e. The molecule has 0 unspecified atom stereocenters. The Morgan fingerprint density at radius 3 is 2.92 bits per heavy atom. The summed E-state index contributed by atoms with van der Waals surface area (Å²) in [6.07, 6.45) is 1.66. The fraction of sp³-hybridized carbons (Fsp3) is 0.100. The average molecular weight is 480 g/mol. The van der Waals surface area contributed by atoms with Gasteiger partial charge in [-0.1, -0.05) is 30.3 Å². The van der Waals surface area contributed by atoms with E-state index in [2.05, 4.69) is 34.2 Å². The van der Waals surface area contributed by atoms with Crippen molar-refractivity contribution in [1.29, 1.82) is 0 Å². The van der Waals surface area contributed by atoms with Crippen molar-refractivity contribution in [2.45, 2.75) is 6.92 Å². The molecule has 6 heteroatoms. The number of hydrogen-bond acceptors (Lipinski definition) is 4. The lowest BCUT2D eigenvalue weighted by molar-refractivity contribution is -0.129. The van der Waals surface area contributed by atoms with Gasteiger partial charge in [0.1, 0.15) is 12.4 Å². The Bertz CT molecular complexity index is 950. The number of benzene rings is 2. The zero-order valence-corrected chi connectivity index (χ0v) is 16.9. The number of esters is 1. The first-order valence-corrected chi connectivity index (χ1v) is 9.23. The van der Waals surface area contributed by atoms with E-state index in [1.54, 1.807) is 12.1 Å². The van der Waals surface area contributed by atoms with E-state index in [0.29, 0.717) is 22.9 Å². The summed E-state index contributed by atoms with van der Waals surface area (Å²) in [4.78, 5) is 16.5. The Morgan fingerprint density at radius 1 is 1.35 bits per heavy atom. The van der Waals surface area contributed by atoms with Gasteiger partial charge in [0, 0.05) is 3.57 Å². The number of carbonyl (C=O) groups excluding carboxylic acids is 1. The molecule has 0 spiro atoms. The number of halogens is 2. The summed E-state index contributed by atoms with van der Waals surface area (Å²) in [5.74, 6) is 0.390. The van der Waals surface area contributed by atoms with E-state index < -0.39 is 5.97 Å². The second kappa shape index (κ2) is 8.05. The standard InChI is InChI=1S/C20H15ClINO3/c1-12(2)11-25-15-5-3-4-13(8-15)9-18-20(24)26-19(23-18)16-10-14(22)6-7-17(16)21/h3-10H,1,11H2,2H3/b18-9-. The van der Waals surface area contributed by atoms with E-state index in [0.717, 1.165) is 14.7 Å². The average Bonchev–Trinajstić information content (AvgIpc) is 2.96. The number of ether oxygens (including phenoxy) is 2. The van der Waals surface area contributed by atoms with Gasteiger partial charge in [-0.2, -0.15) is 0 Å². The summed E-state index contributed by atoms with van der Waals surface area (Å²) in [5, 5.41) is 0.480. The fourth-order valence-electron chi connectivity index (χ4n) is 2.24. The number of rotatable bonds is 5. The van der Waals surface area contributed by atoms with E-state index >= 15 is 0 Å². The SMILES string of the molecule is C=C(C)COc1cccc(/C=C2\N=C(c3cc(I)ccc3Cl)OC2=O)c1. The number of carbonyl (C=O) groups is 1. The second-order valence-electron chi connectivity index (χ2n) is 5.78. The van der Waals surface area contributed by atoms with Gasteiger partial charge in [0.2, 0.25) is 5.90 Å². The summed E-state index contributed by atoms with van der Waals surface area (Å²) < 4.78 is 11.9. The molecule has 0 saturated heterocycles. The quantitative estimate of drug-likeness (QED) is 0.255. The largest absolute Gasteiger partial charge is 0.489 e. The van der Waals surface area contributed by atoms with Crippen molar-refractivity contribution >= 4 is 52.1 Å². The Balaban J connectivity index is 1.88. The normalized spacial score (nSPS) is 15.0. The lowest BCUT2D eigenvalue weighted by Gasteiger charge is -2.06. The zero-order chi connectivity index (χ0) is 18.7. The van der Waals surface area contributed by atoms with Crippen molar-refractivity contribution in [3.8, 4) is 5.75 Å². The molecule has 26 heavy (non-hydrogen) atoms. The molecule has 4 nitrogen and oxygen atoms in total. The third-order valence-corrected chi connectivity index (χ3v) is 4.43. The molecule has 2 aromatic carbocycles. The van der Waals surface area contributed by atoms with Crippen LogP contribution in [0.1, 0.15) is 18.1 Å². The second-order valence-corrected chi connectivity index (χ2v) is 7.43. The van der Waals surface area contributed by atoms with Crippen LogP contribution in [-0.2, 0) is 9.53 Å². The first-order chi connectivity index (χ1) is 12.4. The predicted octanol–water partition coefficient (Wildman–Crippen LogP) is 5.24. The Kier molecular flexibility index (Phi) is 5.78. The molecule has 0 aromatic heterocycles. The lowest BCUT2D eigenvalue weighted by Crippen LogP contribution is -2.06. The molecule has 1 aliphatic heterocycles. The van der Waals surface area contributed by atoms with Gasteiger partial charge in [0.05, 0.1) is 10.6 Å². The highest BCUT2D eigenvalue weighted by atomic mass is 127. The third-order valence-electron chi connectivity index (χ3n) is 3.43. The maximum atomic E-state index is 12.2. The Labute approximate surface area is 170 Å². The Morgan fingerprint density at radius 2 is 2.15 bits per heavy atom. The van der Waals surface area contributed by atoms with Gasteiger partial charge in [-0.15, -0.1) is 0 Å². The van der Waals surface area contributed by atoms with E-state index in [4.69, 9.17) is 21.1 Å². The number of hydrogen-bond donors (Lipinski definition) is 0. The summed E-state index contributed by atoms with van der Waals surface area (Å²) in [6.45, 7) is 6.14. The first-order valence-electron chi connectivity index (χ1n) is 7.77. The van der Waals surface area contributed by atoms with E-state index in [1.807, 2.05) is 43.3 Å². The molecule has 0 N–H and O–H groups in total. The van der Waals surface area contributed by atoms with Crippen LogP contribution in [0.4, 0.5) is 0 Å². The summed E-state index contributed by atoms with van der Waals surface area (Å²) in [7, 11) is 0. The minimum atomic E-state index is -0.511. The van der Waals surface area contributed by atoms with Gasteiger partial charge in [-0.25, -0.2) is 9.79 Å². The first kappa shape index (κ1) is 18.7. The molecule has 1 aliphatic rings. The number of cyclic esters (lactones) is 1. The molecule has 0 aliphatic carbocycles. The van der Waals surface area contributed by atoms with Crippen LogP contribution in [-0.4, -0.2) is 18.5 Å². The maximum absolute atomic E-state index is 12.2. The molecule has 3 rings (SSSR count). The highest BCUT2D eigenvalue weighted by Gasteiger charge is 2.25. The molecule has 132 valence electrons. The molecule has 0 bridgehead atoms. The monoisotopic (exact) mass is 479 g/mol. The van der Waals surface area contributed by atoms with Crippen LogP contribution in [0.3, 0.4) is 0 Å². The minimum Gasteiger partial charge on any atom is -0.489 e. The number of nitrogens with zero attached hydrogens (tertiary/aromatic N) is 1. The van der Waals surface area contributed by atoms with Crippen LogP contribution in [0.5, 0.6) is 5.75 Å². The van der Waals surface area contributed by atoms with Gasteiger partial charge < -0.3 is 9.47 Å². The number of aliphatic imine (C=N–C) groups is 1. The predicted molar refractivity (Wildman–Crippen MR) is 112 cm³/mol. The molecule has 1 heterocycles. The summed E-state index contributed by atoms with van der Waals surface area (Å²) in [6, 6.07) is 12.8. The fourth-order valence-corrected chi connectivity index (χ4v) is 2.93. The topological polar surface area (TPSA) is 47.9 Å². The van der Waals surface area contributed by atoms with Crippen LogP contribution in [0, 0.1) is 3.57 Å². The molecular formula is C20H15ClINO3. The van der Waals surface area contributed by atoms with Crippen molar-refractivity contribution in [2.24, 2.45) is 4.99 Å². The molecule has 0 atom stereocenters. The van der Waals surface area contributed by atoms with Crippen LogP contribution >= 0.6 is 34.2 Å². The van der Waals surface area contributed by atoms with Gasteiger partial charge in [-0.3, -0.25) is 0 Å². The van der Waals surface area contributed by atoms with Crippen LogP contribution in [0.15, 0.2) is 65.3 Å². The van der Waals surface area contributed by atoms with Gasteiger partial charge in [0.25, 0.3) is 0 Å².